The lowest BCUT2D eigenvalue weighted by Crippen LogP contribution is -2.18. The van der Waals surface area contributed by atoms with Crippen LogP contribution in [-0.4, -0.2) is 21.1 Å². The second-order valence-corrected chi connectivity index (χ2v) is 6.03. The molecule has 1 aliphatic rings. The maximum Gasteiger partial charge on any atom is 0.125 e. The minimum Gasteiger partial charge on any atom is -0.267 e. The first-order chi connectivity index (χ1) is 8.31. The third kappa shape index (κ3) is 2.41. The smallest absolute Gasteiger partial charge is 0.125 e. The van der Waals surface area contributed by atoms with Crippen molar-refractivity contribution in [2.24, 2.45) is 0 Å². The zero-order valence-corrected chi connectivity index (χ0v) is 11.1. The van der Waals surface area contributed by atoms with Gasteiger partial charge in [0, 0.05) is 6.20 Å². The summed E-state index contributed by atoms with van der Waals surface area (Å²) in [7, 11) is 0. The van der Waals surface area contributed by atoms with Crippen molar-refractivity contribution in [2.75, 3.05) is 0 Å². The predicted molar refractivity (Wildman–Crippen MR) is 68.0 cm³/mol. The van der Waals surface area contributed by atoms with Crippen molar-refractivity contribution in [2.45, 2.75) is 12.6 Å². The van der Waals surface area contributed by atoms with E-state index in [0.717, 1.165) is 14.4 Å². The maximum atomic E-state index is 5.46. The summed E-state index contributed by atoms with van der Waals surface area (Å²) in [5, 5.41) is 7.66. The number of hydroxylamine groups is 1. The van der Waals surface area contributed by atoms with Crippen LogP contribution < -0.4 is 5.48 Å². The van der Waals surface area contributed by atoms with Gasteiger partial charge in [0.05, 0.1) is 27.1 Å². The largest absolute Gasteiger partial charge is 0.267 e. The Hall–Kier alpha value is -1.18. The number of nitrogens with one attached hydrogen (secondary N) is 1. The fraction of sp³-hybridized carbons (Fsp3) is 0.200. The molecule has 7 heteroatoms. The highest BCUT2D eigenvalue weighted by Gasteiger charge is 2.19. The third-order valence-electron chi connectivity index (χ3n) is 2.35. The Labute approximate surface area is 110 Å². The van der Waals surface area contributed by atoms with Gasteiger partial charge in [-0.2, -0.15) is 0 Å². The second-order valence-electron chi connectivity index (χ2n) is 3.57. The van der Waals surface area contributed by atoms with Crippen molar-refractivity contribution in [1.29, 1.82) is 0 Å². The molecule has 0 saturated heterocycles. The zero-order chi connectivity index (χ0) is 11.7. The molecule has 17 heavy (non-hydrogen) atoms. The summed E-state index contributed by atoms with van der Waals surface area (Å²) in [4.78, 5) is 6.61. The summed E-state index contributed by atoms with van der Waals surface area (Å²) < 4.78 is 2.85. The quantitative estimate of drug-likeness (QED) is 0.942. The normalized spacial score (nSPS) is 19.1. The molecular weight excluding hydrogens is 304 g/mol. The molecule has 1 unspecified atom stereocenters. The molecule has 1 aliphatic heterocycles. The Morgan fingerprint density at radius 3 is 3.18 bits per heavy atom. The topological polar surface area (TPSA) is 52.0 Å². The van der Waals surface area contributed by atoms with Crippen molar-refractivity contribution in [3.8, 4) is 0 Å². The van der Waals surface area contributed by atoms with Crippen LogP contribution in [0.15, 0.2) is 34.4 Å². The van der Waals surface area contributed by atoms with Crippen LogP contribution in [0.2, 0.25) is 0 Å². The minimum absolute atomic E-state index is 0.0208. The van der Waals surface area contributed by atoms with Crippen LogP contribution >= 0.6 is 27.3 Å². The summed E-state index contributed by atoms with van der Waals surface area (Å²) >= 11 is 5.11. The number of halogens is 1. The summed E-state index contributed by atoms with van der Waals surface area (Å²) in [6.45, 7) is 0.656. The Kier molecular flexibility index (Phi) is 2.96. The van der Waals surface area contributed by atoms with Gasteiger partial charge < -0.3 is 0 Å². The van der Waals surface area contributed by atoms with Crippen molar-refractivity contribution >= 4 is 33.0 Å². The average molecular weight is 313 g/mol. The van der Waals surface area contributed by atoms with Crippen molar-refractivity contribution in [1.82, 2.24) is 20.5 Å². The SMILES string of the molecule is Brc1ccc(C2=CC(Cn3ccnn3)ON2)s1. The molecule has 0 bridgehead atoms. The molecule has 0 fully saturated rings. The van der Waals surface area contributed by atoms with Crippen molar-refractivity contribution in [3.63, 3.8) is 0 Å². The molecule has 88 valence electrons. The lowest BCUT2D eigenvalue weighted by Gasteiger charge is -2.05. The molecule has 0 aliphatic carbocycles. The van der Waals surface area contributed by atoms with E-state index in [4.69, 9.17) is 4.84 Å². The highest BCUT2D eigenvalue weighted by molar-refractivity contribution is 9.11. The van der Waals surface area contributed by atoms with E-state index in [-0.39, 0.29) is 6.10 Å². The van der Waals surface area contributed by atoms with Gasteiger partial charge in [-0.3, -0.25) is 10.3 Å². The first-order valence-electron chi connectivity index (χ1n) is 5.04. The molecule has 0 aromatic carbocycles. The van der Waals surface area contributed by atoms with E-state index < -0.39 is 0 Å². The summed E-state index contributed by atoms with van der Waals surface area (Å²) in [5.74, 6) is 0. The Bertz CT molecular complexity index is 536. The van der Waals surface area contributed by atoms with Gasteiger partial charge in [0.1, 0.15) is 6.10 Å². The number of rotatable bonds is 3. The molecule has 0 spiro atoms. The predicted octanol–water partition coefficient (Wildman–Crippen LogP) is 2.05. The first kappa shape index (κ1) is 10.9. The highest BCUT2D eigenvalue weighted by atomic mass is 79.9. The number of hydrogen-bond donors (Lipinski definition) is 1. The Balaban J connectivity index is 1.73. The molecule has 3 rings (SSSR count). The molecule has 0 saturated carbocycles. The van der Waals surface area contributed by atoms with Crippen LogP contribution in [0, 0.1) is 0 Å². The van der Waals surface area contributed by atoms with Crippen LogP contribution in [0.3, 0.4) is 0 Å². The second kappa shape index (κ2) is 4.59. The van der Waals surface area contributed by atoms with Crippen LogP contribution in [0.1, 0.15) is 4.88 Å². The van der Waals surface area contributed by atoms with Gasteiger partial charge >= 0.3 is 0 Å². The number of aromatic nitrogens is 3. The van der Waals surface area contributed by atoms with E-state index in [1.807, 2.05) is 12.3 Å². The molecular formula is C10H9BrN4OS. The zero-order valence-electron chi connectivity index (χ0n) is 8.71. The van der Waals surface area contributed by atoms with Gasteiger partial charge in [0.2, 0.25) is 0 Å². The van der Waals surface area contributed by atoms with E-state index in [0.29, 0.717) is 6.54 Å². The van der Waals surface area contributed by atoms with Crippen LogP contribution in [0.25, 0.3) is 5.70 Å². The van der Waals surface area contributed by atoms with E-state index in [9.17, 15) is 0 Å². The van der Waals surface area contributed by atoms with Crippen LogP contribution in [0.4, 0.5) is 0 Å². The van der Waals surface area contributed by atoms with E-state index in [1.54, 1.807) is 22.2 Å². The molecule has 1 atom stereocenters. The fourth-order valence-corrected chi connectivity index (χ4v) is 2.95. The molecule has 2 aromatic heterocycles. The first-order valence-corrected chi connectivity index (χ1v) is 6.65. The standard InChI is InChI=1S/C10H9BrN4OS/c11-10-2-1-9(17-10)8-5-7(16-13-8)6-15-4-3-12-14-15/h1-5,7,13H,6H2. The van der Waals surface area contributed by atoms with Gasteiger partial charge in [0.15, 0.2) is 0 Å². The highest BCUT2D eigenvalue weighted by Crippen LogP contribution is 2.29. The summed E-state index contributed by atoms with van der Waals surface area (Å²) in [6, 6.07) is 4.07. The van der Waals surface area contributed by atoms with E-state index in [1.165, 1.54) is 0 Å². The van der Waals surface area contributed by atoms with E-state index in [2.05, 4.69) is 43.9 Å². The summed E-state index contributed by atoms with van der Waals surface area (Å²) in [6.07, 6.45) is 5.51. The van der Waals surface area contributed by atoms with Crippen molar-refractivity contribution < 1.29 is 4.84 Å². The van der Waals surface area contributed by atoms with Crippen LogP contribution in [0.5, 0.6) is 0 Å². The number of nitrogens with zero attached hydrogens (tertiary/aromatic N) is 3. The molecule has 0 radical (unpaired) electrons. The van der Waals surface area contributed by atoms with Crippen LogP contribution in [-0.2, 0) is 11.4 Å². The number of hydrogen-bond acceptors (Lipinski definition) is 5. The molecule has 1 N–H and O–H groups in total. The summed E-state index contributed by atoms with van der Waals surface area (Å²) in [5.41, 5.74) is 3.94. The molecule has 0 amide bonds. The molecule has 2 aromatic rings. The average Bonchev–Trinajstić information content (AvgIpc) is 2.99. The van der Waals surface area contributed by atoms with E-state index >= 15 is 0 Å². The Morgan fingerprint density at radius 1 is 1.53 bits per heavy atom. The van der Waals surface area contributed by atoms with Gasteiger partial charge in [-0.25, -0.2) is 4.68 Å². The minimum atomic E-state index is -0.0208. The third-order valence-corrected chi connectivity index (χ3v) is 4.01. The lowest BCUT2D eigenvalue weighted by molar-refractivity contribution is 0.0395. The lowest BCUT2D eigenvalue weighted by atomic mass is 10.2. The van der Waals surface area contributed by atoms with Gasteiger partial charge in [-0.15, -0.1) is 16.4 Å². The molecule has 5 nitrogen and oxygen atoms in total. The van der Waals surface area contributed by atoms with Gasteiger partial charge in [-0.1, -0.05) is 5.21 Å². The molecule has 3 heterocycles. The van der Waals surface area contributed by atoms with Crippen molar-refractivity contribution in [3.05, 3.63) is 39.3 Å². The fourth-order valence-electron chi connectivity index (χ4n) is 1.59. The van der Waals surface area contributed by atoms with Gasteiger partial charge in [-0.05, 0) is 34.1 Å². The Morgan fingerprint density at radius 2 is 2.47 bits per heavy atom. The van der Waals surface area contributed by atoms with Gasteiger partial charge in [0.25, 0.3) is 0 Å². The monoisotopic (exact) mass is 312 g/mol. The number of thiophene rings is 1. The maximum absolute atomic E-state index is 5.46.